The van der Waals surface area contributed by atoms with Crippen molar-refractivity contribution in [2.45, 2.75) is 18.9 Å². The van der Waals surface area contributed by atoms with Gasteiger partial charge in [-0.05, 0) is 37.1 Å². The summed E-state index contributed by atoms with van der Waals surface area (Å²) >= 11 is 0. The quantitative estimate of drug-likeness (QED) is 0.783. The molecule has 0 bridgehead atoms. The molecule has 25 heavy (non-hydrogen) atoms. The Hall–Kier alpha value is -2.16. The first kappa shape index (κ1) is 17.7. The third kappa shape index (κ3) is 3.76. The number of morpholine rings is 1. The van der Waals surface area contributed by atoms with Crippen LogP contribution in [0.15, 0.2) is 23.4 Å². The lowest BCUT2D eigenvalue weighted by atomic mass is 9.99. The van der Waals surface area contributed by atoms with Gasteiger partial charge in [-0.3, -0.25) is 4.79 Å². The zero-order valence-corrected chi connectivity index (χ0v) is 14.6. The number of nitrogens with two attached hydrogens (primary N) is 1. The third-order valence-corrected chi connectivity index (χ3v) is 4.45. The van der Waals surface area contributed by atoms with Crippen LogP contribution in [0.25, 0.3) is 0 Å². The largest absolute Gasteiger partial charge is 0.398 e. The number of oxime groups is 1. The highest BCUT2D eigenvalue weighted by molar-refractivity contribution is 6.01. The van der Waals surface area contributed by atoms with Crippen molar-refractivity contribution in [3.05, 3.63) is 23.8 Å². The molecule has 136 valence electrons. The number of aryl methyl sites for hydroxylation is 1. The van der Waals surface area contributed by atoms with Crippen LogP contribution in [0.5, 0.6) is 0 Å². The molecule has 1 atom stereocenters. The van der Waals surface area contributed by atoms with Gasteiger partial charge in [0.1, 0.15) is 19.3 Å². The molecule has 2 fully saturated rings. The molecule has 8 nitrogen and oxygen atoms in total. The Labute approximate surface area is 146 Å². The highest BCUT2D eigenvalue weighted by Gasteiger charge is 2.38. The van der Waals surface area contributed by atoms with Crippen LogP contribution in [0.4, 0.5) is 11.4 Å². The minimum absolute atomic E-state index is 0.217. The molecule has 0 aromatic heterocycles. The molecule has 2 saturated heterocycles. The van der Waals surface area contributed by atoms with E-state index in [9.17, 15) is 4.79 Å². The lowest BCUT2D eigenvalue weighted by Crippen LogP contribution is -2.51. The van der Waals surface area contributed by atoms with Crippen molar-refractivity contribution < 1.29 is 19.1 Å². The number of anilines is 2. The number of rotatable bonds is 4. The number of carbonyl (C=O) groups excluding carboxylic acids is 1. The van der Waals surface area contributed by atoms with Crippen LogP contribution in [0.2, 0.25) is 0 Å². The normalized spacial score (nSPS) is 25.2. The van der Waals surface area contributed by atoms with Crippen LogP contribution in [-0.2, 0) is 19.1 Å². The summed E-state index contributed by atoms with van der Waals surface area (Å²) in [6, 6.07) is 5.74. The fourth-order valence-electron chi connectivity index (χ4n) is 3.02. The van der Waals surface area contributed by atoms with E-state index in [1.807, 2.05) is 25.1 Å². The highest BCUT2D eigenvalue weighted by Crippen LogP contribution is 2.26. The van der Waals surface area contributed by atoms with Crippen molar-refractivity contribution in [2.75, 3.05) is 50.3 Å². The summed E-state index contributed by atoms with van der Waals surface area (Å²) in [4.78, 5) is 19.4. The van der Waals surface area contributed by atoms with E-state index in [1.165, 1.54) is 7.11 Å². The van der Waals surface area contributed by atoms with E-state index in [0.29, 0.717) is 38.5 Å². The first-order valence-corrected chi connectivity index (χ1v) is 8.27. The number of amidine groups is 1. The average Bonchev–Trinajstić information content (AvgIpc) is 3.04. The van der Waals surface area contributed by atoms with Crippen molar-refractivity contribution in [1.82, 2.24) is 0 Å². The smallest absolute Gasteiger partial charge is 0.246 e. The second kappa shape index (κ2) is 7.38. The van der Waals surface area contributed by atoms with E-state index < -0.39 is 5.54 Å². The predicted octanol–water partition coefficient (Wildman–Crippen LogP) is 0.848. The maximum Gasteiger partial charge on any atom is 0.246 e. The van der Waals surface area contributed by atoms with Crippen molar-refractivity contribution in [3.63, 3.8) is 0 Å². The van der Waals surface area contributed by atoms with Gasteiger partial charge in [0.05, 0.1) is 13.2 Å². The van der Waals surface area contributed by atoms with Crippen LogP contribution in [-0.4, -0.2) is 57.4 Å². The molecule has 1 unspecified atom stereocenters. The zero-order valence-electron chi connectivity index (χ0n) is 14.6. The molecule has 0 radical (unpaired) electrons. The monoisotopic (exact) mass is 348 g/mol. The molecule has 2 aliphatic heterocycles. The van der Waals surface area contributed by atoms with Gasteiger partial charge in [0.15, 0.2) is 5.84 Å². The van der Waals surface area contributed by atoms with Crippen molar-refractivity contribution in [3.8, 4) is 0 Å². The van der Waals surface area contributed by atoms with Gasteiger partial charge in [0.25, 0.3) is 0 Å². The van der Waals surface area contributed by atoms with Gasteiger partial charge >= 0.3 is 0 Å². The fraction of sp³-hybridized carbons (Fsp3) is 0.529. The Morgan fingerprint density at radius 1 is 1.40 bits per heavy atom. The number of hydrogen-bond donors (Lipinski definition) is 2. The average molecular weight is 348 g/mol. The van der Waals surface area contributed by atoms with Gasteiger partial charge in [-0.2, -0.15) is 0 Å². The summed E-state index contributed by atoms with van der Waals surface area (Å²) in [5.74, 6) is 0.503. The van der Waals surface area contributed by atoms with E-state index in [-0.39, 0.29) is 12.5 Å². The topological polar surface area (TPSA) is 98.4 Å². The zero-order chi connectivity index (χ0) is 17.9. The molecule has 2 aliphatic rings. The minimum atomic E-state index is -0.949. The molecule has 3 N–H and O–H groups in total. The van der Waals surface area contributed by atoms with E-state index in [4.69, 9.17) is 20.0 Å². The Bertz CT molecular complexity index is 671. The number of ether oxygens (including phenoxy) is 2. The van der Waals surface area contributed by atoms with Crippen LogP contribution >= 0.6 is 0 Å². The summed E-state index contributed by atoms with van der Waals surface area (Å²) in [5.41, 5.74) is 7.87. The number of nitrogens with one attached hydrogen (secondary N) is 1. The number of nitrogens with zero attached hydrogens (tertiary/aromatic N) is 2. The Morgan fingerprint density at radius 3 is 2.92 bits per heavy atom. The summed E-state index contributed by atoms with van der Waals surface area (Å²) in [6.45, 7) is 4.47. The molecule has 8 heteroatoms. The number of benzene rings is 1. The molecular formula is C17H24N4O4. The van der Waals surface area contributed by atoms with E-state index in [1.54, 1.807) is 0 Å². The van der Waals surface area contributed by atoms with Gasteiger partial charge in [-0.1, -0.05) is 5.16 Å². The molecule has 1 amide bonds. The fourth-order valence-corrected chi connectivity index (χ4v) is 3.02. The molecule has 0 saturated carbocycles. The minimum Gasteiger partial charge on any atom is -0.398 e. The second-order valence-corrected chi connectivity index (χ2v) is 6.31. The molecule has 2 heterocycles. The third-order valence-electron chi connectivity index (χ3n) is 4.45. The predicted molar refractivity (Wildman–Crippen MR) is 94.8 cm³/mol. The van der Waals surface area contributed by atoms with Gasteiger partial charge in [0.2, 0.25) is 5.91 Å². The standard InChI is InChI=1S/C17H24N4O4/c1-12-9-13(19-16(22)17(18)5-7-25-11-17)3-4-14(12)21-6-8-24-10-15(21)20-23-2/h3-4,9H,5-8,10-11,18H2,1-2H3,(H,19,22). The van der Waals surface area contributed by atoms with Gasteiger partial charge in [-0.15, -0.1) is 0 Å². The van der Waals surface area contributed by atoms with E-state index in [0.717, 1.165) is 17.1 Å². The second-order valence-electron chi connectivity index (χ2n) is 6.31. The molecule has 1 aromatic rings. The molecule has 3 rings (SSSR count). The van der Waals surface area contributed by atoms with Crippen LogP contribution in [0, 0.1) is 6.92 Å². The lowest BCUT2D eigenvalue weighted by Gasteiger charge is -2.31. The van der Waals surface area contributed by atoms with Crippen molar-refractivity contribution in [1.29, 1.82) is 0 Å². The van der Waals surface area contributed by atoms with E-state index in [2.05, 4.69) is 15.4 Å². The van der Waals surface area contributed by atoms with Crippen LogP contribution in [0.3, 0.4) is 0 Å². The summed E-state index contributed by atoms with van der Waals surface area (Å²) in [7, 11) is 1.51. The van der Waals surface area contributed by atoms with Crippen molar-refractivity contribution >= 4 is 23.1 Å². The number of amides is 1. The molecular weight excluding hydrogens is 324 g/mol. The molecule has 1 aromatic carbocycles. The summed E-state index contributed by atoms with van der Waals surface area (Å²) in [5, 5.41) is 6.92. The number of carbonyl (C=O) groups is 1. The van der Waals surface area contributed by atoms with Gasteiger partial charge in [-0.25, -0.2) is 0 Å². The first-order chi connectivity index (χ1) is 12.0. The van der Waals surface area contributed by atoms with Gasteiger partial charge < -0.3 is 30.3 Å². The maximum atomic E-state index is 12.4. The lowest BCUT2D eigenvalue weighted by molar-refractivity contribution is -0.121. The van der Waals surface area contributed by atoms with Gasteiger partial charge in [0, 0.05) is 24.5 Å². The summed E-state index contributed by atoms with van der Waals surface area (Å²) < 4.78 is 10.7. The first-order valence-electron chi connectivity index (χ1n) is 8.27. The van der Waals surface area contributed by atoms with Crippen molar-refractivity contribution in [2.24, 2.45) is 10.9 Å². The van der Waals surface area contributed by atoms with Crippen LogP contribution in [0.1, 0.15) is 12.0 Å². The highest BCUT2D eigenvalue weighted by atomic mass is 16.6. The maximum absolute atomic E-state index is 12.4. The van der Waals surface area contributed by atoms with Crippen LogP contribution < -0.4 is 16.0 Å². The molecule has 0 spiro atoms. The molecule has 0 aliphatic carbocycles. The SMILES string of the molecule is CON=C1COCCN1c1ccc(NC(=O)C2(N)CCOC2)cc1C. The summed E-state index contributed by atoms with van der Waals surface area (Å²) in [6.07, 6.45) is 0.528. The Kier molecular flexibility index (Phi) is 5.22. The number of hydrogen-bond acceptors (Lipinski definition) is 6. The Balaban J connectivity index is 1.76. The van der Waals surface area contributed by atoms with E-state index >= 15 is 0 Å². The Morgan fingerprint density at radius 2 is 2.24 bits per heavy atom.